The molecule has 2 nitrogen and oxygen atoms in total. The maximum Gasteiger partial charge on any atom is 0.113 e. The second-order valence-electron chi connectivity index (χ2n) is 3.13. The van der Waals surface area contributed by atoms with Crippen molar-refractivity contribution in [3.05, 3.63) is 47.5 Å². The smallest absolute Gasteiger partial charge is 0.113 e. The minimum Gasteiger partial charge on any atom is -0.383 e. The van der Waals surface area contributed by atoms with Gasteiger partial charge in [0.2, 0.25) is 0 Å². The molecule has 1 aromatic carbocycles. The maximum atomic E-state index is 9.63. The first-order chi connectivity index (χ1) is 6.69. The van der Waals surface area contributed by atoms with E-state index in [2.05, 4.69) is 13.5 Å². The molecule has 1 atom stereocenters. The summed E-state index contributed by atoms with van der Waals surface area (Å²) >= 11 is 0. The molecule has 1 aromatic rings. The van der Waals surface area contributed by atoms with E-state index in [-0.39, 0.29) is 5.57 Å². The van der Waals surface area contributed by atoms with Gasteiger partial charge in [0, 0.05) is 0 Å². The monoisotopic (exact) mass is 187 g/mol. The van der Waals surface area contributed by atoms with Crippen LogP contribution in [0.1, 0.15) is 24.2 Å². The van der Waals surface area contributed by atoms with E-state index in [1.807, 2.05) is 30.3 Å². The Morgan fingerprint density at radius 1 is 1.50 bits per heavy atom. The summed E-state index contributed by atoms with van der Waals surface area (Å²) in [4.78, 5) is 0. The lowest BCUT2D eigenvalue weighted by Gasteiger charge is -2.08. The molecule has 0 saturated heterocycles. The number of hydrogen-bond donors (Lipinski definition) is 1. The van der Waals surface area contributed by atoms with Crippen LogP contribution in [0.4, 0.5) is 0 Å². The largest absolute Gasteiger partial charge is 0.383 e. The summed E-state index contributed by atoms with van der Waals surface area (Å²) in [6, 6.07) is 9.39. The van der Waals surface area contributed by atoms with Crippen LogP contribution in [0.3, 0.4) is 0 Å². The van der Waals surface area contributed by atoms with Gasteiger partial charge < -0.3 is 5.11 Å². The summed E-state index contributed by atoms with van der Waals surface area (Å²) in [6.45, 7) is 5.55. The molecular formula is C12H13NO. The molecular weight excluding hydrogens is 174 g/mol. The fourth-order valence-electron chi connectivity index (χ4n) is 1.20. The molecule has 0 radical (unpaired) electrons. The Hall–Kier alpha value is -1.59. The summed E-state index contributed by atoms with van der Waals surface area (Å²) in [5, 5.41) is 18.2. The number of nitriles is 1. The first-order valence-corrected chi connectivity index (χ1v) is 4.54. The number of aliphatic hydroxyl groups excluding tert-OH is 1. The van der Waals surface area contributed by atoms with E-state index >= 15 is 0 Å². The lowest BCUT2D eigenvalue weighted by molar-refractivity contribution is 0.221. The van der Waals surface area contributed by atoms with Gasteiger partial charge in [0.25, 0.3) is 0 Å². The van der Waals surface area contributed by atoms with Gasteiger partial charge in [-0.3, -0.25) is 0 Å². The molecule has 0 saturated carbocycles. The summed E-state index contributed by atoms with van der Waals surface area (Å²) in [7, 11) is 0. The maximum absolute atomic E-state index is 9.63. The van der Waals surface area contributed by atoms with Crippen LogP contribution >= 0.6 is 0 Å². The van der Waals surface area contributed by atoms with Gasteiger partial charge in [-0.25, -0.2) is 0 Å². The highest BCUT2D eigenvalue weighted by Gasteiger charge is 2.10. The molecule has 0 amide bonds. The van der Waals surface area contributed by atoms with E-state index in [0.29, 0.717) is 5.56 Å². The molecule has 1 N–H and O–H groups in total. The van der Waals surface area contributed by atoms with Gasteiger partial charge in [-0.1, -0.05) is 37.8 Å². The van der Waals surface area contributed by atoms with Crippen LogP contribution in [-0.2, 0) is 6.42 Å². The van der Waals surface area contributed by atoms with Crippen molar-refractivity contribution >= 4 is 0 Å². The van der Waals surface area contributed by atoms with Crippen LogP contribution in [0.25, 0.3) is 0 Å². The third-order valence-electron chi connectivity index (χ3n) is 2.18. The van der Waals surface area contributed by atoms with Crippen molar-refractivity contribution in [2.75, 3.05) is 0 Å². The van der Waals surface area contributed by atoms with Crippen LogP contribution in [0.5, 0.6) is 0 Å². The molecule has 2 heteroatoms. The van der Waals surface area contributed by atoms with Crippen molar-refractivity contribution in [2.45, 2.75) is 19.4 Å². The zero-order valence-electron chi connectivity index (χ0n) is 8.20. The molecule has 0 aliphatic rings. The highest BCUT2D eigenvalue weighted by Crippen LogP contribution is 2.19. The van der Waals surface area contributed by atoms with Crippen LogP contribution in [0.2, 0.25) is 0 Å². The molecule has 1 rings (SSSR count). The van der Waals surface area contributed by atoms with Gasteiger partial charge in [-0.2, -0.15) is 5.26 Å². The minimum absolute atomic E-state index is 0.175. The highest BCUT2D eigenvalue weighted by molar-refractivity contribution is 5.33. The van der Waals surface area contributed by atoms with Gasteiger partial charge in [-0.15, -0.1) is 0 Å². The second kappa shape index (κ2) is 4.59. The number of nitrogens with zero attached hydrogens (tertiary/aromatic N) is 1. The standard InChI is InChI=1S/C12H13NO/c1-3-10-4-6-11(7-5-10)12(14)9(2)8-13/h4-7,12,14H,2-3H2,1H3. The summed E-state index contributed by atoms with van der Waals surface area (Å²) < 4.78 is 0. The molecule has 0 aliphatic heterocycles. The third kappa shape index (κ3) is 2.21. The Labute approximate surface area is 84.1 Å². The minimum atomic E-state index is -0.870. The van der Waals surface area contributed by atoms with E-state index < -0.39 is 6.10 Å². The molecule has 0 aromatic heterocycles. The summed E-state index contributed by atoms with van der Waals surface area (Å²) in [6.07, 6.45) is 0.0983. The molecule has 1 unspecified atom stereocenters. The molecule has 0 aliphatic carbocycles. The Bertz CT molecular complexity index is 359. The van der Waals surface area contributed by atoms with Crippen molar-refractivity contribution in [2.24, 2.45) is 0 Å². The summed E-state index contributed by atoms with van der Waals surface area (Å²) in [5.74, 6) is 0. The van der Waals surface area contributed by atoms with Crippen molar-refractivity contribution in [1.82, 2.24) is 0 Å². The number of benzene rings is 1. The van der Waals surface area contributed by atoms with Crippen LogP contribution in [-0.4, -0.2) is 5.11 Å². The first kappa shape index (κ1) is 10.5. The van der Waals surface area contributed by atoms with Crippen molar-refractivity contribution in [3.63, 3.8) is 0 Å². The number of aryl methyl sites for hydroxylation is 1. The van der Waals surface area contributed by atoms with E-state index in [9.17, 15) is 5.11 Å². The van der Waals surface area contributed by atoms with Crippen LogP contribution in [0.15, 0.2) is 36.4 Å². The van der Waals surface area contributed by atoms with Crippen molar-refractivity contribution in [1.29, 1.82) is 5.26 Å². The number of hydrogen-bond acceptors (Lipinski definition) is 2. The fourth-order valence-corrected chi connectivity index (χ4v) is 1.20. The number of aliphatic hydroxyl groups is 1. The molecule has 14 heavy (non-hydrogen) atoms. The predicted octanol–water partition coefficient (Wildman–Crippen LogP) is 2.36. The van der Waals surface area contributed by atoms with Gasteiger partial charge >= 0.3 is 0 Å². The lowest BCUT2D eigenvalue weighted by Crippen LogP contribution is -1.98. The van der Waals surface area contributed by atoms with E-state index in [0.717, 1.165) is 6.42 Å². The van der Waals surface area contributed by atoms with Gasteiger partial charge in [0.15, 0.2) is 0 Å². The lowest BCUT2D eigenvalue weighted by atomic mass is 10.0. The quantitative estimate of drug-likeness (QED) is 0.738. The summed E-state index contributed by atoms with van der Waals surface area (Å²) in [5.41, 5.74) is 2.10. The van der Waals surface area contributed by atoms with Gasteiger partial charge in [0.05, 0.1) is 11.6 Å². The second-order valence-corrected chi connectivity index (χ2v) is 3.13. The SMILES string of the molecule is C=C(C#N)C(O)c1ccc(CC)cc1. The Morgan fingerprint density at radius 2 is 2.07 bits per heavy atom. The van der Waals surface area contributed by atoms with E-state index in [1.54, 1.807) is 0 Å². The Balaban J connectivity index is 2.88. The molecule has 0 heterocycles. The Morgan fingerprint density at radius 3 is 2.50 bits per heavy atom. The molecule has 0 fully saturated rings. The predicted molar refractivity (Wildman–Crippen MR) is 55.5 cm³/mol. The van der Waals surface area contributed by atoms with Crippen LogP contribution in [0, 0.1) is 11.3 Å². The van der Waals surface area contributed by atoms with Gasteiger partial charge in [-0.05, 0) is 17.5 Å². The molecule has 0 spiro atoms. The zero-order valence-corrected chi connectivity index (χ0v) is 8.20. The van der Waals surface area contributed by atoms with E-state index in [1.165, 1.54) is 5.56 Å². The first-order valence-electron chi connectivity index (χ1n) is 4.54. The highest BCUT2D eigenvalue weighted by atomic mass is 16.3. The average molecular weight is 187 g/mol. The molecule has 72 valence electrons. The Kier molecular flexibility index (Phi) is 3.44. The van der Waals surface area contributed by atoms with Crippen LogP contribution < -0.4 is 0 Å². The molecule has 0 bridgehead atoms. The van der Waals surface area contributed by atoms with Gasteiger partial charge in [0.1, 0.15) is 6.10 Å². The van der Waals surface area contributed by atoms with Crippen molar-refractivity contribution < 1.29 is 5.11 Å². The topological polar surface area (TPSA) is 44.0 Å². The van der Waals surface area contributed by atoms with Crippen molar-refractivity contribution in [3.8, 4) is 6.07 Å². The third-order valence-corrected chi connectivity index (χ3v) is 2.18. The number of rotatable bonds is 3. The fraction of sp³-hybridized carbons (Fsp3) is 0.250. The normalized spacial score (nSPS) is 11.8. The van der Waals surface area contributed by atoms with E-state index in [4.69, 9.17) is 5.26 Å². The zero-order chi connectivity index (χ0) is 10.6. The average Bonchev–Trinajstić information content (AvgIpc) is 2.27.